The monoisotopic (exact) mass is 126 g/mol. The molecule has 2 saturated carbocycles. The highest BCUT2D eigenvalue weighted by atomic mass is 16.3. The lowest BCUT2D eigenvalue weighted by Gasteiger charge is -2.20. The molecule has 2 rings (SSSR count). The van der Waals surface area contributed by atoms with Crippen LogP contribution in [0.3, 0.4) is 0 Å². The molecule has 0 aromatic heterocycles. The van der Waals surface area contributed by atoms with Gasteiger partial charge in [0.1, 0.15) is 0 Å². The fourth-order valence-electron chi connectivity index (χ4n) is 2.47. The molecule has 1 N–H and O–H groups in total. The summed E-state index contributed by atoms with van der Waals surface area (Å²) in [7, 11) is 0. The summed E-state index contributed by atoms with van der Waals surface area (Å²) in [6.07, 6.45) is 5.69. The zero-order chi connectivity index (χ0) is 6.54. The summed E-state index contributed by atoms with van der Waals surface area (Å²) in [5, 5.41) is 9.71. The standard InChI is InChI=1S/C8H14O/c1-7-2-4-8(9,6-7)5-3-7/h9H,2-6H2,1H3/t7-,8+. The third-order valence-corrected chi connectivity index (χ3v) is 3.14. The topological polar surface area (TPSA) is 20.2 Å². The highest BCUT2D eigenvalue weighted by Gasteiger charge is 2.50. The molecule has 0 atom stereocenters. The van der Waals surface area contributed by atoms with Crippen molar-refractivity contribution < 1.29 is 5.11 Å². The van der Waals surface area contributed by atoms with Crippen LogP contribution in [-0.4, -0.2) is 10.7 Å². The molecule has 2 aliphatic carbocycles. The van der Waals surface area contributed by atoms with Gasteiger partial charge in [-0.2, -0.15) is 0 Å². The second kappa shape index (κ2) is 1.34. The average molecular weight is 126 g/mol. The van der Waals surface area contributed by atoms with Crippen LogP contribution in [0.2, 0.25) is 0 Å². The first-order valence-electron chi connectivity index (χ1n) is 3.84. The molecular weight excluding hydrogens is 112 g/mol. The highest BCUT2D eigenvalue weighted by Crippen LogP contribution is 2.55. The van der Waals surface area contributed by atoms with Gasteiger partial charge in [-0.25, -0.2) is 0 Å². The fraction of sp³-hybridized carbons (Fsp3) is 1.00. The van der Waals surface area contributed by atoms with Gasteiger partial charge >= 0.3 is 0 Å². The van der Waals surface area contributed by atoms with Gasteiger partial charge in [-0.15, -0.1) is 0 Å². The summed E-state index contributed by atoms with van der Waals surface area (Å²) >= 11 is 0. The number of rotatable bonds is 0. The van der Waals surface area contributed by atoms with Crippen molar-refractivity contribution >= 4 is 0 Å². The van der Waals surface area contributed by atoms with Gasteiger partial charge in [0, 0.05) is 0 Å². The van der Waals surface area contributed by atoms with E-state index in [1.54, 1.807) is 0 Å². The lowest BCUT2D eigenvalue weighted by molar-refractivity contribution is 0.0521. The molecule has 2 aliphatic rings. The van der Waals surface area contributed by atoms with Crippen LogP contribution in [0.4, 0.5) is 0 Å². The SMILES string of the molecule is C[C@]12CC[C@@](O)(CC1)C2. The van der Waals surface area contributed by atoms with Gasteiger partial charge in [-0.1, -0.05) is 6.92 Å². The molecule has 2 fully saturated rings. The van der Waals surface area contributed by atoms with E-state index in [9.17, 15) is 5.11 Å². The van der Waals surface area contributed by atoms with Crippen molar-refractivity contribution in [2.45, 2.75) is 44.6 Å². The molecular formula is C8H14O. The maximum Gasteiger partial charge on any atom is 0.0653 e. The van der Waals surface area contributed by atoms with Crippen LogP contribution in [0.15, 0.2) is 0 Å². The van der Waals surface area contributed by atoms with Gasteiger partial charge in [0.15, 0.2) is 0 Å². The van der Waals surface area contributed by atoms with Crippen molar-refractivity contribution in [3.8, 4) is 0 Å². The zero-order valence-corrected chi connectivity index (χ0v) is 5.98. The van der Waals surface area contributed by atoms with E-state index < -0.39 is 0 Å². The molecule has 1 heteroatoms. The third kappa shape index (κ3) is 0.710. The van der Waals surface area contributed by atoms with Gasteiger partial charge in [0.25, 0.3) is 0 Å². The maximum atomic E-state index is 9.71. The minimum atomic E-state index is -0.227. The molecule has 2 bridgehead atoms. The van der Waals surface area contributed by atoms with E-state index in [0.29, 0.717) is 5.41 Å². The van der Waals surface area contributed by atoms with E-state index in [1.807, 2.05) is 0 Å². The van der Waals surface area contributed by atoms with Crippen LogP contribution in [-0.2, 0) is 0 Å². The summed E-state index contributed by atoms with van der Waals surface area (Å²) in [6, 6.07) is 0. The Bertz CT molecular complexity index is 116. The van der Waals surface area contributed by atoms with Crippen LogP contribution in [0.25, 0.3) is 0 Å². The Morgan fingerprint density at radius 1 is 1.11 bits per heavy atom. The fourth-order valence-corrected chi connectivity index (χ4v) is 2.47. The van der Waals surface area contributed by atoms with Crippen molar-refractivity contribution in [2.24, 2.45) is 5.41 Å². The summed E-state index contributed by atoms with van der Waals surface area (Å²) in [5.74, 6) is 0. The van der Waals surface area contributed by atoms with Gasteiger partial charge in [0.05, 0.1) is 5.60 Å². The van der Waals surface area contributed by atoms with Crippen molar-refractivity contribution in [3.63, 3.8) is 0 Å². The summed E-state index contributed by atoms with van der Waals surface area (Å²) < 4.78 is 0. The first-order chi connectivity index (χ1) is 4.12. The van der Waals surface area contributed by atoms with Gasteiger partial charge in [0.2, 0.25) is 0 Å². The van der Waals surface area contributed by atoms with Crippen LogP contribution < -0.4 is 0 Å². The number of hydrogen-bond donors (Lipinski definition) is 1. The molecule has 0 aromatic carbocycles. The molecule has 1 nitrogen and oxygen atoms in total. The van der Waals surface area contributed by atoms with Crippen LogP contribution in [0.1, 0.15) is 39.0 Å². The highest BCUT2D eigenvalue weighted by molar-refractivity contribution is 5.02. The van der Waals surface area contributed by atoms with Gasteiger partial charge in [-0.05, 0) is 37.5 Å². The Morgan fingerprint density at radius 3 is 1.78 bits per heavy atom. The second-order valence-electron chi connectivity index (χ2n) is 4.21. The van der Waals surface area contributed by atoms with Gasteiger partial charge < -0.3 is 5.11 Å². The lowest BCUT2D eigenvalue weighted by atomic mass is 9.87. The Hall–Kier alpha value is -0.0400. The third-order valence-electron chi connectivity index (χ3n) is 3.14. The Morgan fingerprint density at radius 2 is 1.67 bits per heavy atom. The minimum Gasteiger partial charge on any atom is -0.390 e. The molecule has 0 heterocycles. The number of fused-ring (bicyclic) bond motifs is 2. The minimum absolute atomic E-state index is 0.227. The Labute approximate surface area is 56.1 Å². The first kappa shape index (κ1) is 5.72. The number of aliphatic hydroxyl groups is 1. The van der Waals surface area contributed by atoms with E-state index in [0.717, 1.165) is 19.3 Å². The lowest BCUT2D eigenvalue weighted by Crippen LogP contribution is -2.20. The molecule has 0 unspecified atom stereocenters. The molecule has 0 aliphatic heterocycles. The molecule has 0 radical (unpaired) electrons. The molecule has 0 aromatic rings. The van der Waals surface area contributed by atoms with E-state index in [4.69, 9.17) is 0 Å². The van der Waals surface area contributed by atoms with Crippen LogP contribution >= 0.6 is 0 Å². The summed E-state index contributed by atoms with van der Waals surface area (Å²) in [6.45, 7) is 2.30. The summed E-state index contributed by atoms with van der Waals surface area (Å²) in [5.41, 5.74) is 0.295. The van der Waals surface area contributed by atoms with Crippen LogP contribution in [0.5, 0.6) is 0 Å². The molecule has 0 spiro atoms. The van der Waals surface area contributed by atoms with E-state index in [2.05, 4.69) is 6.92 Å². The Balaban J connectivity index is 2.25. The van der Waals surface area contributed by atoms with Crippen molar-refractivity contribution in [2.75, 3.05) is 0 Å². The van der Waals surface area contributed by atoms with E-state index >= 15 is 0 Å². The predicted octanol–water partition coefficient (Wildman–Crippen LogP) is 1.70. The van der Waals surface area contributed by atoms with Gasteiger partial charge in [-0.3, -0.25) is 0 Å². The molecule has 0 saturated heterocycles. The molecule has 0 amide bonds. The zero-order valence-electron chi connectivity index (χ0n) is 5.98. The first-order valence-corrected chi connectivity index (χ1v) is 3.84. The maximum absolute atomic E-state index is 9.71. The quantitative estimate of drug-likeness (QED) is 0.523. The summed E-state index contributed by atoms with van der Waals surface area (Å²) in [4.78, 5) is 0. The largest absolute Gasteiger partial charge is 0.390 e. The predicted molar refractivity (Wildman–Crippen MR) is 36.1 cm³/mol. The van der Waals surface area contributed by atoms with Crippen molar-refractivity contribution in [1.29, 1.82) is 0 Å². The van der Waals surface area contributed by atoms with E-state index in [-0.39, 0.29) is 5.60 Å². The van der Waals surface area contributed by atoms with E-state index in [1.165, 1.54) is 12.8 Å². The normalized spacial score (nSPS) is 56.7. The second-order valence-corrected chi connectivity index (χ2v) is 4.21. The van der Waals surface area contributed by atoms with Crippen molar-refractivity contribution in [1.82, 2.24) is 0 Å². The molecule has 52 valence electrons. The average Bonchev–Trinajstić information content (AvgIpc) is 2.19. The van der Waals surface area contributed by atoms with Crippen molar-refractivity contribution in [3.05, 3.63) is 0 Å². The Kier molecular flexibility index (Phi) is 0.852. The smallest absolute Gasteiger partial charge is 0.0653 e. The molecule has 9 heavy (non-hydrogen) atoms. The van der Waals surface area contributed by atoms with Crippen LogP contribution in [0, 0.1) is 5.41 Å². The number of hydrogen-bond acceptors (Lipinski definition) is 1.